The summed E-state index contributed by atoms with van der Waals surface area (Å²) in [5.41, 5.74) is 0.0759. The van der Waals surface area contributed by atoms with Crippen molar-refractivity contribution >= 4 is 0 Å². The largest absolute Gasteiger partial charge is 0.396 e. The van der Waals surface area contributed by atoms with Gasteiger partial charge in [0.1, 0.15) is 12.2 Å². The van der Waals surface area contributed by atoms with E-state index in [9.17, 15) is 5.11 Å². The Morgan fingerprint density at radius 2 is 2.24 bits per heavy atom. The molecule has 1 fully saturated rings. The van der Waals surface area contributed by atoms with Crippen LogP contribution in [0.3, 0.4) is 0 Å². The Morgan fingerprint density at radius 1 is 1.47 bits per heavy atom. The Kier molecular flexibility index (Phi) is 4.12. The number of hydrogen-bond donors (Lipinski definition) is 3. The van der Waals surface area contributed by atoms with Crippen molar-refractivity contribution in [3.63, 3.8) is 0 Å². The zero-order valence-corrected chi connectivity index (χ0v) is 10.4. The lowest BCUT2D eigenvalue weighted by molar-refractivity contribution is 0.0786. The highest BCUT2D eigenvalue weighted by molar-refractivity contribution is 4.91. The maximum Gasteiger partial charge on any atom is 0.141 e. The molecule has 1 atom stereocenters. The standard InChI is InChI=1S/C12H22N4O/c1-10(11-14-9-15-16-11)13-7-12(8-17)5-3-2-4-6-12/h9-10,13,17H,2-8H2,1H3,(H,14,15,16). The van der Waals surface area contributed by atoms with Gasteiger partial charge in [0.15, 0.2) is 0 Å². The van der Waals surface area contributed by atoms with Gasteiger partial charge in [-0.15, -0.1) is 0 Å². The van der Waals surface area contributed by atoms with Crippen molar-refractivity contribution in [1.29, 1.82) is 0 Å². The van der Waals surface area contributed by atoms with E-state index in [2.05, 4.69) is 27.4 Å². The molecule has 0 aromatic carbocycles. The van der Waals surface area contributed by atoms with Gasteiger partial charge >= 0.3 is 0 Å². The number of aliphatic hydroxyl groups excluding tert-OH is 1. The summed E-state index contributed by atoms with van der Waals surface area (Å²) in [7, 11) is 0. The van der Waals surface area contributed by atoms with Crippen LogP contribution in [0.4, 0.5) is 0 Å². The smallest absolute Gasteiger partial charge is 0.141 e. The second kappa shape index (κ2) is 5.60. The topological polar surface area (TPSA) is 73.8 Å². The normalized spacial score (nSPS) is 21.3. The van der Waals surface area contributed by atoms with Crippen molar-refractivity contribution in [1.82, 2.24) is 20.5 Å². The van der Waals surface area contributed by atoms with E-state index in [0.717, 1.165) is 25.2 Å². The zero-order valence-electron chi connectivity index (χ0n) is 10.4. The third-order valence-corrected chi connectivity index (χ3v) is 3.88. The highest BCUT2D eigenvalue weighted by Gasteiger charge is 2.31. The number of aromatic amines is 1. The Morgan fingerprint density at radius 3 is 2.82 bits per heavy atom. The predicted octanol–water partition coefficient (Wildman–Crippen LogP) is 1.40. The molecule has 3 N–H and O–H groups in total. The number of hydrogen-bond acceptors (Lipinski definition) is 4. The quantitative estimate of drug-likeness (QED) is 0.725. The zero-order chi connectivity index (χ0) is 12.1. The first kappa shape index (κ1) is 12.5. The SMILES string of the molecule is CC(NCC1(CO)CCCCC1)c1ncn[nH]1. The van der Waals surface area contributed by atoms with Crippen LogP contribution in [-0.2, 0) is 0 Å². The molecule has 1 aliphatic carbocycles. The molecule has 0 aliphatic heterocycles. The Bertz CT molecular complexity index is 319. The van der Waals surface area contributed by atoms with Gasteiger partial charge in [-0.25, -0.2) is 4.98 Å². The van der Waals surface area contributed by atoms with Crippen molar-refractivity contribution in [2.45, 2.75) is 45.1 Å². The van der Waals surface area contributed by atoms with Gasteiger partial charge in [-0.05, 0) is 19.8 Å². The maximum absolute atomic E-state index is 9.61. The van der Waals surface area contributed by atoms with Crippen LogP contribution >= 0.6 is 0 Å². The minimum Gasteiger partial charge on any atom is -0.396 e. The summed E-state index contributed by atoms with van der Waals surface area (Å²) in [6, 6.07) is 0.155. The average Bonchev–Trinajstić information content (AvgIpc) is 2.91. The summed E-state index contributed by atoms with van der Waals surface area (Å²) in [5.74, 6) is 0.855. The van der Waals surface area contributed by atoms with Gasteiger partial charge in [0.25, 0.3) is 0 Å². The molecule has 5 nitrogen and oxygen atoms in total. The van der Waals surface area contributed by atoms with Crippen molar-refractivity contribution in [3.8, 4) is 0 Å². The molecular formula is C12H22N4O. The summed E-state index contributed by atoms with van der Waals surface area (Å²) in [6.45, 7) is 3.20. The van der Waals surface area contributed by atoms with Crippen LogP contribution in [0.25, 0.3) is 0 Å². The molecule has 0 radical (unpaired) electrons. The summed E-state index contributed by atoms with van der Waals surface area (Å²) < 4.78 is 0. The van der Waals surface area contributed by atoms with Crippen molar-refractivity contribution in [3.05, 3.63) is 12.2 Å². The Hall–Kier alpha value is -0.940. The van der Waals surface area contributed by atoms with Gasteiger partial charge < -0.3 is 10.4 Å². The van der Waals surface area contributed by atoms with Gasteiger partial charge in [0, 0.05) is 18.6 Å². The van der Waals surface area contributed by atoms with Gasteiger partial charge in [-0.3, -0.25) is 5.10 Å². The average molecular weight is 238 g/mol. The molecule has 2 rings (SSSR count). The molecule has 1 aromatic heterocycles. The molecule has 17 heavy (non-hydrogen) atoms. The fraction of sp³-hybridized carbons (Fsp3) is 0.833. The number of aromatic nitrogens is 3. The van der Waals surface area contributed by atoms with Gasteiger partial charge in [-0.1, -0.05) is 19.3 Å². The predicted molar refractivity (Wildman–Crippen MR) is 65.4 cm³/mol. The molecule has 1 aliphatic rings. The lowest BCUT2D eigenvalue weighted by Gasteiger charge is -2.36. The molecular weight excluding hydrogens is 216 g/mol. The molecule has 0 amide bonds. The van der Waals surface area contributed by atoms with E-state index in [1.54, 1.807) is 0 Å². The summed E-state index contributed by atoms with van der Waals surface area (Å²) in [5, 5.41) is 19.8. The Balaban J connectivity index is 1.87. The van der Waals surface area contributed by atoms with E-state index in [-0.39, 0.29) is 18.1 Å². The third-order valence-electron chi connectivity index (χ3n) is 3.88. The first-order valence-electron chi connectivity index (χ1n) is 6.45. The molecule has 0 bridgehead atoms. The van der Waals surface area contributed by atoms with Gasteiger partial charge in [0.05, 0.1) is 6.04 Å². The van der Waals surface area contributed by atoms with Crippen LogP contribution in [0.5, 0.6) is 0 Å². The number of nitrogens with one attached hydrogen (secondary N) is 2. The number of rotatable bonds is 5. The molecule has 1 heterocycles. The third kappa shape index (κ3) is 3.04. The van der Waals surface area contributed by atoms with Crippen LogP contribution in [-0.4, -0.2) is 33.4 Å². The van der Waals surface area contributed by atoms with E-state index in [1.165, 1.54) is 25.6 Å². The number of H-pyrrole nitrogens is 1. The minimum absolute atomic E-state index is 0.0759. The molecule has 1 aromatic rings. The summed E-state index contributed by atoms with van der Waals surface area (Å²) in [4.78, 5) is 4.14. The fourth-order valence-electron chi connectivity index (χ4n) is 2.58. The molecule has 96 valence electrons. The Labute approximate surface area is 102 Å². The van der Waals surface area contributed by atoms with Crippen LogP contribution < -0.4 is 5.32 Å². The van der Waals surface area contributed by atoms with Gasteiger partial charge in [0.2, 0.25) is 0 Å². The number of aliphatic hydroxyl groups is 1. The van der Waals surface area contributed by atoms with Crippen LogP contribution in [0.2, 0.25) is 0 Å². The van der Waals surface area contributed by atoms with Crippen molar-refractivity contribution < 1.29 is 5.11 Å². The van der Waals surface area contributed by atoms with Crippen molar-refractivity contribution in [2.24, 2.45) is 5.41 Å². The van der Waals surface area contributed by atoms with E-state index in [4.69, 9.17) is 0 Å². The fourth-order valence-corrected chi connectivity index (χ4v) is 2.58. The van der Waals surface area contributed by atoms with Crippen molar-refractivity contribution in [2.75, 3.05) is 13.2 Å². The first-order chi connectivity index (χ1) is 8.26. The minimum atomic E-state index is 0.0759. The molecule has 1 saturated carbocycles. The maximum atomic E-state index is 9.61. The van der Waals surface area contributed by atoms with E-state index >= 15 is 0 Å². The van der Waals surface area contributed by atoms with Crippen LogP contribution in [0.15, 0.2) is 6.33 Å². The number of nitrogens with zero attached hydrogens (tertiary/aromatic N) is 2. The second-order valence-electron chi connectivity index (χ2n) is 5.19. The molecule has 0 spiro atoms. The first-order valence-corrected chi connectivity index (χ1v) is 6.45. The highest BCUT2D eigenvalue weighted by atomic mass is 16.3. The highest BCUT2D eigenvalue weighted by Crippen LogP contribution is 2.35. The van der Waals surface area contributed by atoms with Crippen LogP contribution in [0.1, 0.15) is 50.9 Å². The van der Waals surface area contributed by atoms with Gasteiger partial charge in [-0.2, -0.15) is 5.10 Å². The van der Waals surface area contributed by atoms with Crippen LogP contribution in [0, 0.1) is 5.41 Å². The summed E-state index contributed by atoms with van der Waals surface area (Å²) in [6.07, 6.45) is 7.55. The lowest BCUT2D eigenvalue weighted by atomic mass is 9.74. The van der Waals surface area contributed by atoms with E-state index in [0.29, 0.717) is 0 Å². The monoisotopic (exact) mass is 238 g/mol. The molecule has 1 unspecified atom stereocenters. The van der Waals surface area contributed by atoms with E-state index < -0.39 is 0 Å². The van der Waals surface area contributed by atoms with E-state index in [1.807, 2.05) is 0 Å². The molecule has 5 heteroatoms. The molecule has 0 saturated heterocycles. The lowest BCUT2D eigenvalue weighted by Crippen LogP contribution is -2.40. The summed E-state index contributed by atoms with van der Waals surface area (Å²) >= 11 is 0. The second-order valence-corrected chi connectivity index (χ2v) is 5.19.